The van der Waals surface area contributed by atoms with Crippen LogP contribution in [0.2, 0.25) is 0 Å². The van der Waals surface area contributed by atoms with E-state index in [4.69, 9.17) is 5.73 Å². The van der Waals surface area contributed by atoms with Gasteiger partial charge in [0.15, 0.2) is 0 Å². The Morgan fingerprint density at radius 3 is 1.44 bits per heavy atom. The van der Waals surface area contributed by atoms with Gasteiger partial charge >= 0.3 is 0 Å². The zero-order valence-corrected chi connectivity index (χ0v) is 17.6. The molecule has 0 radical (unpaired) electrons. The summed E-state index contributed by atoms with van der Waals surface area (Å²) in [5.41, 5.74) is 6.26. The van der Waals surface area contributed by atoms with E-state index in [-0.39, 0.29) is 6.04 Å². The third-order valence-corrected chi connectivity index (χ3v) is 7.15. The molecule has 1 aliphatic rings. The summed E-state index contributed by atoms with van der Waals surface area (Å²) in [6.45, 7) is 0. The number of benzene rings is 1. The average molecular weight is 395 g/mol. The van der Waals surface area contributed by atoms with Gasteiger partial charge in [0.25, 0.3) is 0 Å². The van der Waals surface area contributed by atoms with E-state index in [0.717, 1.165) is 25.7 Å². The smallest absolute Gasteiger partial charge is 0.240 e. The van der Waals surface area contributed by atoms with Crippen molar-refractivity contribution >= 4 is 15.7 Å². The molecule has 1 aromatic rings. The Balaban J connectivity index is 1.90. The summed E-state index contributed by atoms with van der Waals surface area (Å²) in [6.07, 6.45) is 18.6. The molecule has 154 valence electrons. The highest BCUT2D eigenvalue weighted by Gasteiger charge is 2.19. The summed E-state index contributed by atoms with van der Waals surface area (Å²) in [4.78, 5) is 0.309. The molecule has 27 heavy (non-hydrogen) atoms. The van der Waals surface area contributed by atoms with E-state index < -0.39 is 10.0 Å². The maximum absolute atomic E-state index is 12.7. The van der Waals surface area contributed by atoms with Gasteiger partial charge in [-0.25, -0.2) is 13.1 Å². The van der Waals surface area contributed by atoms with Crippen LogP contribution in [0, 0.1) is 0 Å². The molecule has 5 heteroatoms. The van der Waals surface area contributed by atoms with Crippen LogP contribution in [0.4, 0.5) is 5.69 Å². The normalized spacial score (nSPS) is 20.3. The van der Waals surface area contributed by atoms with Crippen LogP contribution >= 0.6 is 0 Å². The number of nitrogen functional groups attached to an aromatic ring is 1. The summed E-state index contributed by atoms with van der Waals surface area (Å²) in [6, 6.07) is 6.52. The zero-order valence-electron chi connectivity index (χ0n) is 16.8. The van der Waals surface area contributed by atoms with Crippen molar-refractivity contribution in [3.05, 3.63) is 24.3 Å². The SMILES string of the molecule is Nc1ccc(S(=O)(=O)NC2CCCCCCCCCCCCCCC2)cc1. The van der Waals surface area contributed by atoms with Gasteiger partial charge in [0.2, 0.25) is 10.0 Å². The van der Waals surface area contributed by atoms with Gasteiger partial charge in [-0.3, -0.25) is 0 Å². The highest BCUT2D eigenvalue weighted by atomic mass is 32.2. The lowest BCUT2D eigenvalue weighted by molar-refractivity contribution is 0.445. The monoisotopic (exact) mass is 394 g/mol. The zero-order chi connectivity index (χ0) is 19.4. The predicted octanol–water partition coefficient (Wildman–Crippen LogP) is 5.78. The van der Waals surface area contributed by atoms with Crippen LogP contribution in [0.25, 0.3) is 0 Å². The maximum atomic E-state index is 12.7. The van der Waals surface area contributed by atoms with Crippen molar-refractivity contribution in [2.24, 2.45) is 0 Å². The molecular weight excluding hydrogens is 356 g/mol. The van der Waals surface area contributed by atoms with Gasteiger partial charge in [-0.05, 0) is 37.1 Å². The van der Waals surface area contributed by atoms with E-state index in [1.54, 1.807) is 24.3 Å². The number of sulfonamides is 1. The molecular formula is C22H38N2O2S. The van der Waals surface area contributed by atoms with Gasteiger partial charge in [-0.1, -0.05) is 83.5 Å². The Labute approximate surface area is 166 Å². The molecule has 3 N–H and O–H groups in total. The summed E-state index contributed by atoms with van der Waals surface area (Å²) < 4.78 is 28.4. The second-order valence-electron chi connectivity index (χ2n) is 8.06. The molecule has 2 rings (SSSR count). The van der Waals surface area contributed by atoms with Crippen molar-refractivity contribution in [2.75, 3.05) is 5.73 Å². The predicted molar refractivity (Wildman–Crippen MR) is 114 cm³/mol. The molecule has 4 nitrogen and oxygen atoms in total. The molecule has 0 bridgehead atoms. The van der Waals surface area contributed by atoms with Gasteiger partial charge in [0, 0.05) is 11.7 Å². The summed E-state index contributed by atoms with van der Waals surface area (Å²) in [5.74, 6) is 0. The molecule has 0 aliphatic heterocycles. The van der Waals surface area contributed by atoms with E-state index in [1.165, 1.54) is 70.6 Å². The molecule has 0 aromatic heterocycles. The van der Waals surface area contributed by atoms with Crippen LogP contribution in [0.3, 0.4) is 0 Å². The third kappa shape index (κ3) is 9.11. The molecule has 1 saturated carbocycles. The van der Waals surface area contributed by atoms with Crippen molar-refractivity contribution in [2.45, 2.75) is 107 Å². The molecule has 0 saturated heterocycles. The van der Waals surface area contributed by atoms with Crippen LogP contribution in [-0.2, 0) is 10.0 Å². The van der Waals surface area contributed by atoms with Gasteiger partial charge in [0.1, 0.15) is 0 Å². The number of hydrogen-bond donors (Lipinski definition) is 2. The van der Waals surface area contributed by atoms with Crippen molar-refractivity contribution < 1.29 is 8.42 Å². The Hall–Kier alpha value is -1.07. The molecule has 1 fully saturated rings. The quantitative estimate of drug-likeness (QED) is 0.638. The molecule has 0 heterocycles. The van der Waals surface area contributed by atoms with E-state index in [9.17, 15) is 8.42 Å². The standard InChI is InChI=1S/C22H38N2O2S/c23-20-16-18-22(19-17-20)27(25,26)24-21-14-12-10-8-6-4-2-1-3-5-7-9-11-13-15-21/h16-19,21,24H,1-15,23H2. The number of hydrogen-bond acceptors (Lipinski definition) is 3. The molecule has 0 amide bonds. The van der Waals surface area contributed by atoms with Crippen molar-refractivity contribution in [1.82, 2.24) is 4.72 Å². The van der Waals surface area contributed by atoms with Gasteiger partial charge in [-0.2, -0.15) is 0 Å². The average Bonchev–Trinajstić information content (AvgIpc) is 2.63. The lowest BCUT2D eigenvalue weighted by atomic mass is 9.99. The number of rotatable bonds is 3. The minimum absolute atomic E-state index is 0.0421. The Morgan fingerprint density at radius 2 is 1.04 bits per heavy atom. The minimum Gasteiger partial charge on any atom is -0.399 e. The second kappa shape index (κ2) is 12.4. The Morgan fingerprint density at radius 1 is 0.667 bits per heavy atom. The first kappa shape index (κ1) is 22.2. The molecule has 0 unspecified atom stereocenters. The Kier molecular flexibility index (Phi) is 10.2. The molecule has 0 spiro atoms. The van der Waals surface area contributed by atoms with Crippen molar-refractivity contribution in [1.29, 1.82) is 0 Å². The highest BCUT2D eigenvalue weighted by Crippen LogP contribution is 2.19. The third-order valence-electron chi connectivity index (χ3n) is 5.62. The number of nitrogens with one attached hydrogen (secondary N) is 1. The van der Waals surface area contributed by atoms with Gasteiger partial charge in [-0.15, -0.1) is 0 Å². The van der Waals surface area contributed by atoms with Crippen molar-refractivity contribution in [3.8, 4) is 0 Å². The Bertz CT molecular complexity index is 598. The topological polar surface area (TPSA) is 72.2 Å². The first-order valence-electron chi connectivity index (χ1n) is 11.0. The fourth-order valence-corrected chi connectivity index (χ4v) is 5.23. The fourth-order valence-electron chi connectivity index (χ4n) is 3.92. The molecule has 1 aliphatic carbocycles. The number of nitrogens with two attached hydrogens (primary N) is 1. The first-order chi connectivity index (χ1) is 13.1. The van der Waals surface area contributed by atoms with Crippen LogP contribution < -0.4 is 10.5 Å². The van der Waals surface area contributed by atoms with E-state index >= 15 is 0 Å². The van der Waals surface area contributed by atoms with Crippen LogP contribution in [0.5, 0.6) is 0 Å². The van der Waals surface area contributed by atoms with E-state index in [1.807, 2.05) is 0 Å². The van der Waals surface area contributed by atoms with Gasteiger partial charge in [0.05, 0.1) is 4.90 Å². The number of anilines is 1. The van der Waals surface area contributed by atoms with Gasteiger partial charge < -0.3 is 5.73 Å². The van der Waals surface area contributed by atoms with Crippen LogP contribution in [0.1, 0.15) is 96.3 Å². The molecule has 0 atom stereocenters. The van der Waals surface area contributed by atoms with Crippen molar-refractivity contribution in [3.63, 3.8) is 0 Å². The summed E-state index contributed by atoms with van der Waals surface area (Å²) >= 11 is 0. The van der Waals surface area contributed by atoms with E-state index in [0.29, 0.717) is 10.6 Å². The fraction of sp³-hybridized carbons (Fsp3) is 0.727. The van der Waals surface area contributed by atoms with Crippen LogP contribution in [0.15, 0.2) is 29.2 Å². The summed E-state index contributed by atoms with van der Waals surface area (Å²) in [5, 5.41) is 0. The highest BCUT2D eigenvalue weighted by molar-refractivity contribution is 7.89. The maximum Gasteiger partial charge on any atom is 0.240 e. The second-order valence-corrected chi connectivity index (χ2v) is 9.77. The van der Waals surface area contributed by atoms with E-state index in [2.05, 4.69) is 4.72 Å². The largest absolute Gasteiger partial charge is 0.399 e. The summed E-state index contributed by atoms with van der Waals surface area (Å²) in [7, 11) is -3.47. The lowest BCUT2D eigenvalue weighted by Gasteiger charge is -2.19. The molecule has 1 aromatic carbocycles. The first-order valence-corrected chi connectivity index (χ1v) is 12.4. The minimum atomic E-state index is -3.47. The van der Waals surface area contributed by atoms with Crippen LogP contribution in [-0.4, -0.2) is 14.5 Å². The lowest BCUT2D eigenvalue weighted by Crippen LogP contribution is -2.34.